The number of aromatic nitrogens is 2. The fourth-order valence-corrected chi connectivity index (χ4v) is 13.4. The van der Waals surface area contributed by atoms with Crippen molar-refractivity contribution < 1.29 is 46.8 Å². The lowest BCUT2D eigenvalue weighted by molar-refractivity contribution is -0.140. The van der Waals surface area contributed by atoms with Gasteiger partial charge in [-0.2, -0.15) is 0 Å². The molecule has 19 heteroatoms. The summed E-state index contributed by atoms with van der Waals surface area (Å²) in [6, 6.07) is 6.30. The molecule has 2 aromatic carbocycles. The summed E-state index contributed by atoms with van der Waals surface area (Å²) < 4.78 is 62.6. The number of anilines is 1. The van der Waals surface area contributed by atoms with E-state index in [0.717, 1.165) is 69.9 Å². The van der Waals surface area contributed by atoms with Gasteiger partial charge in [0, 0.05) is 34.9 Å². The Hall–Kier alpha value is -4.57. The minimum atomic E-state index is -4.57. The number of alkyl carbamates (subject to hydrolysis) is 1. The predicted octanol–water partition coefficient (Wildman–Crippen LogP) is 9.94. The first-order chi connectivity index (χ1) is 31.7. The third kappa shape index (κ3) is 10.4. The number of halogens is 3. The van der Waals surface area contributed by atoms with Crippen LogP contribution in [0.1, 0.15) is 109 Å². The van der Waals surface area contributed by atoms with Crippen LogP contribution in [-0.4, -0.2) is 86.9 Å². The molecule has 2 saturated heterocycles. The van der Waals surface area contributed by atoms with E-state index in [9.17, 15) is 23.8 Å². The van der Waals surface area contributed by atoms with Crippen molar-refractivity contribution in [2.45, 2.75) is 146 Å². The number of rotatable bonds is 11. The molecule has 4 N–H and O–H groups in total. The summed E-state index contributed by atoms with van der Waals surface area (Å²) in [5, 5.41) is 10.7. The zero-order chi connectivity index (χ0) is 46.8. The van der Waals surface area contributed by atoms with Crippen LogP contribution in [-0.2, 0) is 25.1 Å². The summed E-state index contributed by atoms with van der Waals surface area (Å²) in [6.45, 7) is 3.92. The molecule has 66 heavy (non-hydrogen) atoms. The van der Waals surface area contributed by atoms with Crippen LogP contribution in [0.4, 0.5) is 18.7 Å². The van der Waals surface area contributed by atoms with Gasteiger partial charge in [0.2, 0.25) is 19.2 Å². The van der Waals surface area contributed by atoms with Gasteiger partial charge in [0.15, 0.2) is 5.13 Å². The molecule has 0 bridgehead atoms. The normalized spacial score (nSPS) is 25.2. The maximum absolute atomic E-state index is 15.0. The zero-order valence-corrected chi connectivity index (χ0v) is 39.9. The summed E-state index contributed by atoms with van der Waals surface area (Å²) >= 11 is 8.29. The number of pyridine rings is 1. The number of hydrogen-bond acceptors (Lipinski definition) is 11. The molecule has 4 aromatic rings. The first-order valence-corrected chi connectivity index (χ1v) is 26.2. The number of hydrogen-bond donors (Lipinski definition) is 4. The van der Waals surface area contributed by atoms with Crippen LogP contribution in [0.15, 0.2) is 41.8 Å². The molecule has 8 rings (SSSR count). The highest BCUT2D eigenvalue weighted by Crippen LogP contribution is 2.71. The van der Waals surface area contributed by atoms with Crippen molar-refractivity contribution in [2.75, 3.05) is 19.0 Å². The second kappa shape index (κ2) is 20.3. The topological polar surface area (TPSA) is 181 Å². The van der Waals surface area contributed by atoms with E-state index in [2.05, 4.69) is 16.0 Å². The fourth-order valence-electron chi connectivity index (χ4n) is 9.75. The van der Waals surface area contributed by atoms with Crippen LogP contribution in [0.2, 0.25) is 5.02 Å². The molecular formula is C47H58ClF2N6O8PS. The second-order valence-corrected chi connectivity index (χ2v) is 22.1. The number of fused-ring (bicyclic) bond motifs is 3. The lowest BCUT2D eigenvalue weighted by Crippen LogP contribution is -2.55. The van der Waals surface area contributed by atoms with E-state index < -0.39 is 78.0 Å². The van der Waals surface area contributed by atoms with Crippen molar-refractivity contribution in [3.05, 3.63) is 64.0 Å². The summed E-state index contributed by atoms with van der Waals surface area (Å²) in [4.78, 5) is 66.1. The monoisotopic (exact) mass is 970 g/mol. The number of carbonyl (C=O) groups excluding carboxylic acids is 3. The molecule has 2 aliphatic carbocycles. The van der Waals surface area contributed by atoms with Crippen molar-refractivity contribution in [3.8, 4) is 22.9 Å². The van der Waals surface area contributed by atoms with Gasteiger partial charge in [0.25, 0.3) is 0 Å². The maximum Gasteiger partial charge on any atom is 0.408 e. The van der Waals surface area contributed by atoms with E-state index in [1.54, 1.807) is 18.2 Å². The number of methoxy groups -OCH3 is 1. The molecule has 4 fully saturated rings. The number of carbonyl (C=O) groups is 3. The molecular weight excluding hydrogens is 913 g/mol. The Kier molecular flexibility index (Phi) is 14.8. The summed E-state index contributed by atoms with van der Waals surface area (Å²) in [5.41, 5.74) is 0.866. The van der Waals surface area contributed by atoms with Gasteiger partial charge in [-0.1, -0.05) is 56.2 Å². The quantitative estimate of drug-likeness (QED) is 0.105. The van der Waals surface area contributed by atoms with Crippen LogP contribution in [0.25, 0.3) is 22.3 Å². The SMILES string of the molecule is COc1ccc2c(O[C@@H]3C[C@H]4C(=O)N[C@]5(P(=O)(O)Cc6c(F)cccc6F)C[C@H]5CCCCCCCC[C@H](NC(=O)OC5CCCC5)C(=O)N4C3)cc(-c3csc(NC(C)C)n3)nc2c1Cl. The molecule has 356 valence electrons. The standard InChI is InChI=1S/C47H58ClF2N6O8PS/c1-27(2)51-45-53-37(26-66-45)36-22-40(31-19-20-39(62-3)41(48)42(31)52-36)63-30-21-38-43(57)55-47(65(60,61)25-32-33(49)16-12-17-34(32)50)23-28(47)13-8-6-4-5-7-9-18-35(44(58)56(38)24-30)54-46(59)64-29-14-10-11-15-29/h12,16-17,19-20,22,26-30,35,38H,4-11,13-15,18,21,23-25H2,1-3H3,(H,51,53)(H,54,59)(H,55,57)(H,60,61)/t28-,30-,35+,38+,47+/m1/s1. The fraction of sp³-hybridized carbons (Fsp3) is 0.553. The molecule has 1 unspecified atom stereocenters. The average Bonchev–Trinajstić information content (AvgIpc) is 3.69. The van der Waals surface area contributed by atoms with Crippen LogP contribution in [0.3, 0.4) is 0 Å². The van der Waals surface area contributed by atoms with Crippen LogP contribution in [0, 0.1) is 17.6 Å². The van der Waals surface area contributed by atoms with Gasteiger partial charge >= 0.3 is 6.09 Å². The molecule has 14 nitrogen and oxygen atoms in total. The molecule has 2 aromatic heterocycles. The molecule has 3 amide bonds. The Morgan fingerprint density at radius 1 is 0.985 bits per heavy atom. The zero-order valence-electron chi connectivity index (χ0n) is 37.5. The van der Waals surface area contributed by atoms with E-state index in [0.29, 0.717) is 58.2 Å². The Labute approximate surface area is 392 Å². The number of nitrogens with one attached hydrogen (secondary N) is 3. The smallest absolute Gasteiger partial charge is 0.408 e. The molecule has 0 radical (unpaired) electrons. The van der Waals surface area contributed by atoms with Crippen LogP contribution >= 0.6 is 30.3 Å². The summed E-state index contributed by atoms with van der Waals surface area (Å²) in [5.74, 6) is -2.85. The van der Waals surface area contributed by atoms with Crippen molar-refractivity contribution in [2.24, 2.45) is 5.92 Å². The first-order valence-electron chi connectivity index (χ1n) is 23.1. The van der Waals surface area contributed by atoms with Crippen molar-refractivity contribution in [3.63, 3.8) is 0 Å². The lowest BCUT2D eigenvalue weighted by atomic mass is 10.0. The predicted molar refractivity (Wildman–Crippen MR) is 249 cm³/mol. The van der Waals surface area contributed by atoms with Crippen molar-refractivity contribution >= 4 is 64.2 Å². The van der Waals surface area contributed by atoms with Gasteiger partial charge in [0.05, 0.1) is 31.0 Å². The highest BCUT2D eigenvalue weighted by Gasteiger charge is 2.66. The number of benzene rings is 2. The third-order valence-corrected chi connectivity index (χ3v) is 17.1. The Bertz CT molecular complexity index is 2470. The van der Waals surface area contributed by atoms with E-state index in [1.165, 1.54) is 29.4 Å². The van der Waals surface area contributed by atoms with E-state index in [1.807, 2.05) is 19.2 Å². The summed E-state index contributed by atoms with van der Waals surface area (Å²) in [6.07, 6.45) is 6.42. The largest absolute Gasteiger partial charge is 0.495 e. The second-order valence-electron chi connectivity index (χ2n) is 18.4. The van der Waals surface area contributed by atoms with Gasteiger partial charge in [-0.05, 0) is 89.0 Å². The van der Waals surface area contributed by atoms with E-state index >= 15 is 8.78 Å². The van der Waals surface area contributed by atoms with Crippen LogP contribution < -0.4 is 25.4 Å². The number of ether oxygens (including phenoxy) is 3. The Morgan fingerprint density at radius 3 is 2.39 bits per heavy atom. The van der Waals surface area contributed by atoms with Gasteiger partial charge < -0.3 is 40.0 Å². The van der Waals surface area contributed by atoms with Gasteiger partial charge in [-0.3, -0.25) is 14.2 Å². The van der Waals surface area contributed by atoms with Crippen molar-refractivity contribution in [1.29, 1.82) is 0 Å². The number of nitrogens with zero attached hydrogens (tertiary/aromatic N) is 3. The molecule has 4 heterocycles. The minimum Gasteiger partial charge on any atom is -0.495 e. The average molecular weight is 972 g/mol. The van der Waals surface area contributed by atoms with E-state index in [4.69, 9.17) is 35.8 Å². The van der Waals surface area contributed by atoms with Gasteiger partial charge in [-0.25, -0.2) is 23.5 Å². The number of thiazole rings is 1. The van der Waals surface area contributed by atoms with Gasteiger partial charge in [0.1, 0.15) is 63.4 Å². The molecule has 2 aliphatic heterocycles. The first kappa shape index (κ1) is 47.9. The summed E-state index contributed by atoms with van der Waals surface area (Å²) in [7, 11) is -3.07. The number of amides is 3. The Balaban J connectivity index is 1.15. The highest BCUT2D eigenvalue weighted by atomic mass is 35.5. The lowest BCUT2D eigenvalue weighted by Gasteiger charge is -2.32. The third-order valence-electron chi connectivity index (χ3n) is 13.3. The van der Waals surface area contributed by atoms with E-state index in [-0.39, 0.29) is 36.6 Å². The molecule has 2 saturated carbocycles. The van der Waals surface area contributed by atoms with Gasteiger partial charge in [-0.15, -0.1) is 11.3 Å². The molecule has 4 aliphatic rings. The molecule has 0 spiro atoms. The molecule has 6 atom stereocenters. The van der Waals surface area contributed by atoms with Crippen LogP contribution in [0.5, 0.6) is 11.5 Å². The Morgan fingerprint density at radius 2 is 1.68 bits per heavy atom. The maximum atomic E-state index is 15.0. The van der Waals surface area contributed by atoms with Crippen molar-refractivity contribution in [1.82, 2.24) is 25.5 Å². The minimum absolute atomic E-state index is 0.0442. The highest BCUT2D eigenvalue weighted by molar-refractivity contribution is 7.59.